The molecule has 0 aromatic heterocycles. The van der Waals surface area contributed by atoms with Gasteiger partial charge in [0.25, 0.3) is 0 Å². The van der Waals surface area contributed by atoms with Crippen LogP contribution in [0.2, 0.25) is 0 Å². The molecule has 1 aromatic carbocycles. The molecule has 0 heterocycles. The van der Waals surface area contributed by atoms with E-state index in [1.54, 1.807) is 7.05 Å². The molecule has 1 atom stereocenters. The highest BCUT2D eigenvalue weighted by atomic mass is 16.7. The molecule has 0 bridgehead atoms. The molecule has 7 heteroatoms. The predicted molar refractivity (Wildman–Crippen MR) is 86.2 cm³/mol. The second-order valence-electron chi connectivity index (χ2n) is 5.44. The number of nitrogens with zero attached hydrogens (tertiary/aromatic N) is 1. The standard InChI is InChI=1S/C16H25N3O4/c1-12(2)14(15(20)17-11-19(3)22-4)18-16(21)23-10-13-8-6-5-7-9-13/h5-9,12,14H,10-11H2,1-4H3,(H,17,20)(H,18,21)/t14-/m1/s1. The van der Waals surface area contributed by atoms with Gasteiger partial charge in [0.2, 0.25) is 5.91 Å². The Morgan fingerprint density at radius 3 is 2.43 bits per heavy atom. The Balaban J connectivity index is 2.47. The van der Waals surface area contributed by atoms with Gasteiger partial charge in [0.1, 0.15) is 12.6 Å². The van der Waals surface area contributed by atoms with Crippen molar-refractivity contribution in [2.75, 3.05) is 20.8 Å². The van der Waals surface area contributed by atoms with Crippen LogP contribution >= 0.6 is 0 Å². The molecular formula is C16H25N3O4. The molecule has 0 spiro atoms. The van der Waals surface area contributed by atoms with Crippen LogP contribution in [0, 0.1) is 5.92 Å². The Morgan fingerprint density at radius 2 is 1.87 bits per heavy atom. The fourth-order valence-corrected chi connectivity index (χ4v) is 1.79. The van der Waals surface area contributed by atoms with Crippen molar-refractivity contribution >= 4 is 12.0 Å². The lowest BCUT2D eigenvalue weighted by atomic mass is 10.0. The normalized spacial score (nSPS) is 12.1. The Hall–Kier alpha value is -2.12. The Morgan fingerprint density at radius 1 is 1.22 bits per heavy atom. The summed E-state index contributed by atoms with van der Waals surface area (Å²) < 4.78 is 5.14. The largest absolute Gasteiger partial charge is 0.445 e. The third-order valence-electron chi connectivity index (χ3n) is 3.22. The van der Waals surface area contributed by atoms with Crippen LogP contribution in [0.3, 0.4) is 0 Å². The molecule has 0 unspecified atom stereocenters. The van der Waals surface area contributed by atoms with Crippen LogP contribution in [0.5, 0.6) is 0 Å². The fraction of sp³-hybridized carbons (Fsp3) is 0.500. The molecule has 0 aliphatic heterocycles. The molecular weight excluding hydrogens is 298 g/mol. The van der Waals surface area contributed by atoms with Crippen LogP contribution in [-0.2, 0) is 21.0 Å². The van der Waals surface area contributed by atoms with Gasteiger partial charge in [0, 0.05) is 7.05 Å². The molecule has 1 rings (SSSR count). The number of alkyl carbamates (subject to hydrolysis) is 1. The summed E-state index contributed by atoms with van der Waals surface area (Å²) in [5.41, 5.74) is 0.884. The molecule has 7 nitrogen and oxygen atoms in total. The Bertz CT molecular complexity index is 493. The molecule has 0 aliphatic rings. The highest BCUT2D eigenvalue weighted by molar-refractivity contribution is 5.85. The number of ether oxygens (including phenoxy) is 1. The van der Waals surface area contributed by atoms with Gasteiger partial charge in [-0.1, -0.05) is 44.2 Å². The lowest BCUT2D eigenvalue weighted by Crippen LogP contribution is -2.51. The summed E-state index contributed by atoms with van der Waals surface area (Å²) in [6.45, 7) is 4.08. The van der Waals surface area contributed by atoms with Crippen molar-refractivity contribution in [3.8, 4) is 0 Å². The first kappa shape index (κ1) is 18.9. The van der Waals surface area contributed by atoms with Gasteiger partial charge in [0.05, 0.1) is 13.8 Å². The van der Waals surface area contributed by atoms with Gasteiger partial charge >= 0.3 is 6.09 Å². The van der Waals surface area contributed by atoms with E-state index in [0.29, 0.717) is 0 Å². The number of amides is 2. The van der Waals surface area contributed by atoms with Crippen molar-refractivity contribution in [3.63, 3.8) is 0 Å². The molecule has 0 aliphatic carbocycles. The quantitative estimate of drug-likeness (QED) is 0.560. The number of hydroxylamine groups is 2. The average Bonchev–Trinajstić information content (AvgIpc) is 2.55. The van der Waals surface area contributed by atoms with Crippen molar-refractivity contribution in [3.05, 3.63) is 35.9 Å². The fourth-order valence-electron chi connectivity index (χ4n) is 1.79. The van der Waals surface area contributed by atoms with E-state index < -0.39 is 12.1 Å². The molecule has 2 N–H and O–H groups in total. The van der Waals surface area contributed by atoms with Gasteiger partial charge < -0.3 is 20.2 Å². The molecule has 1 aromatic rings. The average molecular weight is 323 g/mol. The lowest BCUT2D eigenvalue weighted by molar-refractivity contribution is -0.136. The first-order valence-corrected chi connectivity index (χ1v) is 7.44. The van der Waals surface area contributed by atoms with Crippen LogP contribution in [0.25, 0.3) is 0 Å². The number of benzene rings is 1. The molecule has 0 saturated heterocycles. The zero-order chi connectivity index (χ0) is 17.2. The number of hydrogen-bond acceptors (Lipinski definition) is 5. The minimum Gasteiger partial charge on any atom is -0.445 e. The highest BCUT2D eigenvalue weighted by Crippen LogP contribution is 2.04. The Kier molecular flexibility index (Phi) is 8.07. The second kappa shape index (κ2) is 9.81. The third kappa shape index (κ3) is 7.12. The number of nitrogens with one attached hydrogen (secondary N) is 2. The first-order valence-electron chi connectivity index (χ1n) is 7.44. The number of hydrogen-bond donors (Lipinski definition) is 2. The van der Waals surface area contributed by atoms with Crippen molar-refractivity contribution in [2.45, 2.75) is 26.5 Å². The predicted octanol–water partition coefficient (Wildman–Crippen LogP) is 1.50. The van der Waals surface area contributed by atoms with E-state index in [-0.39, 0.29) is 25.1 Å². The van der Waals surface area contributed by atoms with Gasteiger partial charge in [-0.3, -0.25) is 4.79 Å². The summed E-state index contributed by atoms with van der Waals surface area (Å²) >= 11 is 0. The Labute approximate surface area is 136 Å². The molecule has 0 radical (unpaired) electrons. The maximum Gasteiger partial charge on any atom is 0.408 e. The van der Waals surface area contributed by atoms with Crippen molar-refractivity contribution < 1.29 is 19.2 Å². The second-order valence-corrected chi connectivity index (χ2v) is 5.44. The smallest absolute Gasteiger partial charge is 0.408 e. The number of rotatable bonds is 8. The summed E-state index contributed by atoms with van der Waals surface area (Å²) in [7, 11) is 3.19. The lowest BCUT2D eigenvalue weighted by Gasteiger charge is -2.23. The molecule has 0 fully saturated rings. The summed E-state index contributed by atoms with van der Waals surface area (Å²) in [6, 6.07) is 8.67. The van der Waals surface area contributed by atoms with E-state index in [1.165, 1.54) is 12.2 Å². The van der Waals surface area contributed by atoms with Crippen LogP contribution < -0.4 is 10.6 Å². The van der Waals surface area contributed by atoms with Crippen LogP contribution in [0.4, 0.5) is 4.79 Å². The highest BCUT2D eigenvalue weighted by Gasteiger charge is 2.24. The first-order chi connectivity index (χ1) is 10.9. The third-order valence-corrected chi connectivity index (χ3v) is 3.22. The number of carbonyl (C=O) groups excluding carboxylic acids is 2. The maximum absolute atomic E-state index is 12.2. The SMILES string of the molecule is CON(C)CNC(=O)[C@H](NC(=O)OCc1ccccc1)C(C)C. The van der Waals surface area contributed by atoms with Crippen LogP contribution in [-0.4, -0.2) is 43.9 Å². The van der Waals surface area contributed by atoms with Crippen molar-refractivity contribution in [1.82, 2.24) is 15.7 Å². The monoisotopic (exact) mass is 323 g/mol. The van der Waals surface area contributed by atoms with E-state index in [9.17, 15) is 9.59 Å². The zero-order valence-corrected chi connectivity index (χ0v) is 14.0. The number of carbonyl (C=O) groups is 2. The summed E-state index contributed by atoms with van der Waals surface area (Å²) in [6.07, 6.45) is -0.622. The summed E-state index contributed by atoms with van der Waals surface area (Å²) in [4.78, 5) is 28.9. The topological polar surface area (TPSA) is 79.9 Å². The molecule has 128 valence electrons. The zero-order valence-electron chi connectivity index (χ0n) is 14.0. The summed E-state index contributed by atoms with van der Waals surface area (Å²) in [5.74, 6) is -0.368. The van der Waals surface area contributed by atoms with Gasteiger partial charge in [-0.15, -0.1) is 0 Å². The van der Waals surface area contributed by atoms with E-state index >= 15 is 0 Å². The molecule has 0 saturated carbocycles. The van der Waals surface area contributed by atoms with Crippen molar-refractivity contribution in [1.29, 1.82) is 0 Å². The van der Waals surface area contributed by atoms with E-state index in [0.717, 1.165) is 5.56 Å². The van der Waals surface area contributed by atoms with E-state index in [4.69, 9.17) is 9.57 Å². The maximum atomic E-state index is 12.2. The minimum absolute atomic E-state index is 0.0767. The van der Waals surface area contributed by atoms with Gasteiger partial charge in [0.15, 0.2) is 0 Å². The van der Waals surface area contributed by atoms with Crippen molar-refractivity contribution in [2.24, 2.45) is 5.92 Å². The summed E-state index contributed by atoms with van der Waals surface area (Å²) in [5, 5.41) is 6.74. The van der Waals surface area contributed by atoms with Crippen LogP contribution in [0.1, 0.15) is 19.4 Å². The molecule has 2 amide bonds. The van der Waals surface area contributed by atoms with E-state index in [1.807, 2.05) is 44.2 Å². The van der Waals surface area contributed by atoms with Gasteiger partial charge in [-0.25, -0.2) is 4.79 Å². The molecule has 23 heavy (non-hydrogen) atoms. The van der Waals surface area contributed by atoms with Gasteiger partial charge in [-0.05, 0) is 11.5 Å². The minimum atomic E-state index is -0.677. The van der Waals surface area contributed by atoms with E-state index in [2.05, 4.69) is 10.6 Å². The van der Waals surface area contributed by atoms with Crippen LogP contribution in [0.15, 0.2) is 30.3 Å². The van der Waals surface area contributed by atoms with Gasteiger partial charge in [-0.2, -0.15) is 5.06 Å².